The summed E-state index contributed by atoms with van der Waals surface area (Å²) in [4.78, 5) is 14.4. The quantitative estimate of drug-likeness (QED) is 0.754. The Morgan fingerprint density at radius 1 is 1.12 bits per heavy atom. The molecule has 0 radical (unpaired) electrons. The van der Waals surface area contributed by atoms with Crippen LogP contribution in [0.15, 0.2) is 63.8 Å². The van der Waals surface area contributed by atoms with Crippen molar-refractivity contribution in [2.75, 3.05) is 20.6 Å². The monoisotopic (exact) mass is 349 g/mol. The fourth-order valence-corrected chi connectivity index (χ4v) is 3.01. The van der Waals surface area contributed by atoms with Crippen LogP contribution in [0.25, 0.3) is 28.0 Å². The normalized spacial score (nSPS) is 13.0. The van der Waals surface area contributed by atoms with Gasteiger partial charge in [0.15, 0.2) is 0 Å². The average molecular weight is 349 g/mol. The van der Waals surface area contributed by atoms with E-state index in [2.05, 4.69) is 17.1 Å². The SMILES string of the molecule is CC(O)c1oc(=O)c2ccccc2c1-c1cccc(/C=C/CN(C)C)c1. The van der Waals surface area contributed by atoms with Crippen molar-refractivity contribution < 1.29 is 9.52 Å². The number of aliphatic hydroxyl groups is 1. The molecule has 0 aliphatic carbocycles. The minimum absolute atomic E-state index is 0.295. The van der Waals surface area contributed by atoms with Gasteiger partial charge in [0.05, 0.1) is 5.39 Å². The largest absolute Gasteiger partial charge is 0.424 e. The van der Waals surface area contributed by atoms with Gasteiger partial charge in [-0.25, -0.2) is 4.79 Å². The lowest BCUT2D eigenvalue weighted by molar-refractivity contribution is 0.166. The van der Waals surface area contributed by atoms with E-state index < -0.39 is 11.7 Å². The van der Waals surface area contributed by atoms with E-state index in [-0.39, 0.29) is 0 Å². The molecule has 1 atom stereocenters. The number of rotatable bonds is 5. The fourth-order valence-electron chi connectivity index (χ4n) is 3.01. The molecule has 3 aromatic rings. The standard InChI is InChI=1S/C22H23NO3/c1-15(24)21-20(18-11-4-5-12-19(18)22(25)26-21)17-10-6-8-16(14-17)9-7-13-23(2)3/h4-12,14-15,24H,13H2,1-3H3/b9-7+. The topological polar surface area (TPSA) is 53.7 Å². The van der Waals surface area contributed by atoms with Crippen molar-refractivity contribution in [2.24, 2.45) is 0 Å². The summed E-state index contributed by atoms with van der Waals surface area (Å²) < 4.78 is 5.46. The van der Waals surface area contributed by atoms with Crippen molar-refractivity contribution in [1.82, 2.24) is 4.90 Å². The van der Waals surface area contributed by atoms with Crippen LogP contribution in [0.3, 0.4) is 0 Å². The molecule has 4 heteroatoms. The van der Waals surface area contributed by atoms with Crippen molar-refractivity contribution in [2.45, 2.75) is 13.0 Å². The molecular formula is C22H23NO3. The molecule has 2 aromatic carbocycles. The molecular weight excluding hydrogens is 326 g/mol. The summed E-state index contributed by atoms with van der Waals surface area (Å²) in [5.74, 6) is 0.295. The van der Waals surface area contributed by atoms with Crippen LogP contribution in [0.1, 0.15) is 24.4 Å². The predicted molar refractivity (Wildman–Crippen MR) is 106 cm³/mol. The number of fused-ring (bicyclic) bond motifs is 1. The fraction of sp³-hybridized carbons (Fsp3) is 0.227. The van der Waals surface area contributed by atoms with E-state index in [9.17, 15) is 9.90 Å². The number of hydrogen-bond donors (Lipinski definition) is 1. The van der Waals surface area contributed by atoms with Crippen molar-refractivity contribution in [3.63, 3.8) is 0 Å². The summed E-state index contributed by atoms with van der Waals surface area (Å²) in [6.45, 7) is 2.46. The second-order valence-electron chi connectivity index (χ2n) is 6.64. The summed E-state index contributed by atoms with van der Waals surface area (Å²) in [6.07, 6.45) is 3.28. The molecule has 1 heterocycles. The molecule has 1 aromatic heterocycles. The molecule has 0 saturated carbocycles. The maximum absolute atomic E-state index is 12.3. The van der Waals surface area contributed by atoms with Crippen molar-refractivity contribution in [3.8, 4) is 11.1 Å². The Hall–Kier alpha value is -2.69. The zero-order valence-electron chi connectivity index (χ0n) is 15.3. The molecule has 0 amide bonds. The molecule has 1 N–H and O–H groups in total. The van der Waals surface area contributed by atoms with E-state index in [4.69, 9.17) is 4.42 Å². The summed E-state index contributed by atoms with van der Waals surface area (Å²) in [5.41, 5.74) is 2.30. The van der Waals surface area contributed by atoms with Gasteiger partial charge in [0.2, 0.25) is 0 Å². The number of nitrogens with zero attached hydrogens (tertiary/aromatic N) is 1. The predicted octanol–water partition coefficient (Wildman–Crippen LogP) is 4.09. The lowest BCUT2D eigenvalue weighted by Gasteiger charge is -2.14. The highest BCUT2D eigenvalue weighted by atomic mass is 16.4. The van der Waals surface area contributed by atoms with Crippen LogP contribution in [-0.4, -0.2) is 30.6 Å². The molecule has 134 valence electrons. The van der Waals surface area contributed by atoms with E-state index in [1.807, 2.05) is 56.6 Å². The van der Waals surface area contributed by atoms with Crippen LogP contribution in [0.2, 0.25) is 0 Å². The Morgan fingerprint density at radius 2 is 1.85 bits per heavy atom. The number of aliphatic hydroxyl groups excluding tert-OH is 1. The molecule has 0 fully saturated rings. The molecule has 4 nitrogen and oxygen atoms in total. The summed E-state index contributed by atoms with van der Waals surface area (Å²) in [5, 5.41) is 11.5. The van der Waals surface area contributed by atoms with E-state index in [1.54, 1.807) is 13.0 Å². The Balaban J connectivity index is 2.19. The first-order valence-corrected chi connectivity index (χ1v) is 8.63. The molecule has 3 rings (SSSR count). The minimum Gasteiger partial charge on any atom is -0.424 e. The van der Waals surface area contributed by atoms with Crippen molar-refractivity contribution >= 4 is 16.8 Å². The van der Waals surface area contributed by atoms with Crippen LogP contribution in [0.4, 0.5) is 0 Å². The van der Waals surface area contributed by atoms with Gasteiger partial charge in [-0.2, -0.15) is 0 Å². The number of likely N-dealkylation sites (N-methyl/N-ethyl adjacent to an activating group) is 1. The van der Waals surface area contributed by atoms with E-state index in [1.165, 1.54) is 0 Å². The third kappa shape index (κ3) is 3.77. The molecule has 0 spiro atoms. The molecule has 1 unspecified atom stereocenters. The Kier molecular flexibility index (Phi) is 5.35. The maximum Gasteiger partial charge on any atom is 0.343 e. The highest BCUT2D eigenvalue weighted by Gasteiger charge is 2.18. The van der Waals surface area contributed by atoms with Gasteiger partial charge in [0, 0.05) is 17.5 Å². The van der Waals surface area contributed by atoms with Gasteiger partial charge < -0.3 is 14.4 Å². The van der Waals surface area contributed by atoms with Gasteiger partial charge in [-0.15, -0.1) is 0 Å². The number of benzene rings is 2. The van der Waals surface area contributed by atoms with Crippen LogP contribution < -0.4 is 5.63 Å². The van der Waals surface area contributed by atoms with Crippen LogP contribution in [0, 0.1) is 0 Å². The maximum atomic E-state index is 12.3. The number of hydrogen-bond acceptors (Lipinski definition) is 4. The second-order valence-corrected chi connectivity index (χ2v) is 6.64. The summed E-state index contributed by atoms with van der Waals surface area (Å²) in [6, 6.07) is 15.3. The Bertz CT molecular complexity index is 1000. The zero-order valence-corrected chi connectivity index (χ0v) is 15.3. The van der Waals surface area contributed by atoms with Crippen LogP contribution >= 0.6 is 0 Å². The molecule has 0 aliphatic heterocycles. The average Bonchev–Trinajstić information content (AvgIpc) is 2.61. The van der Waals surface area contributed by atoms with Crippen LogP contribution in [0.5, 0.6) is 0 Å². The summed E-state index contributed by atoms with van der Waals surface area (Å²) in [7, 11) is 4.04. The molecule has 0 aliphatic rings. The molecule has 0 saturated heterocycles. The van der Waals surface area contributed by atoms with Gasteiger partial charge in [0.1, 0.15) is 11.9 Å². The minimum atomic E-state index is -0.879. The zero-order chi connectivity index (χ0) is 18.7. The van der Waals surface area contributed by atoms with Gasteiger partial charge in [-0.3, -0.25) is 0 Å². The second kappa shape index (κ2) is 7.68. The molecule has 0 bridgehead atoms. The Morgan fingerprint density at radius 3 is 2.54 bits per heavy atom. The van der Waals surface area contributed by atoms with Gasteiger partial charge in [0.25, 0.3) is 0 Å². The summed E-state index contributed by atoms with van der Waals surface area (Å²) >= 11 is 0. The first-order valence-electron chi connectivity index (χ1n) is 8.63. The van der Waals surface area contributed by atoms with E-state index in [0.29, 0.717) is 11.1 Å². The van der Waals surface area contributed by atoms with E-state index in [0.717, 1.165) is 28.6 Å². The smallest absolute Gasteiger partial charge is 0.343 e. The Labute approximate surface area is 153 Å². The third-order valence-electron chi connectivity index (χ3n) is 4.20. The van der Waals surface area contributed by atoms with Crippen LogP contribution in [-0.2, 0) is 0 Å². The van der Waals surface area contributed by atoms with Gasteiger partial charge >= 0.3 is 5.63 Å². The highest BCUT2D eigenvalue weighted by molar-refractivity contribution is 5.97. The highest BCUT2D eigenvalue weighted by Crippen LogP contribution is 2.34. The molecule has 26 heavy (non-hydrogen) atoms. The van der Waals surface area contributed by atoms with Crippen molar-refractivity contribution in [1.29, 1.82) is 0 Å². The van der Waals surface area contributed by atoms with Gasteiger partial charge in [-0.1, -0.05) is 48.6 Å². The first-order chi connectivity index (χ1) is 12.5. The van der Waals surface area contributed by atoms with Crippen molar-refractivity contribution in [3.05, 3.63) is 76.4 Å². The first kappa shape index (κ1) is 18.1. The lowest BCUT2D eigenvalue weighted by Crippen LogP contribution is -2.10. The van der Waals surface area contributed by atoms with Gasteiger partial charge in [-0.05, 0) is 44.3 Å². The lowest BCUT2D eigenvalue weighted by atomic mass is 9.95. The third-order valence-corrected chi connectivity index (χ3v) is 4.20. The van der Waals surface area contributed by atoms with E-state index >= 15 is 0 Å².